The second-order valence-corrected chi connectivity index (χ2v) is 4.00. The van der Waals surface area contributed by atoms with Gasteiger partial charge in [0.15, 0.2) is 0 Å². The van der Waals surface area contributed by atoms with Gasteiger partial charge in [-0.15, -0.1) is 0 Å². The molecule has 16 heavy (non-hydrogen) atoms. The van der Waals surface area contributed by atoms with Crippen molar-refractivity contribution in [3.8, 4) is 11.3 Å². The molecule has 0 aliphatic heterocycles. The fraction of sp³-hybridized carbons (Fsp3) is 0. The van der Waals surface area contributed by atoms with Crippen molar-refractivity contribution < 1.29 is 4.79 Å². The van der Waals surface area contributed by atoms with E-state index in [9.17, 15) is 4.79 Å². The van der Waals surface area contributed by atoms with Crippen LogP contribution in [0.15, 0.2) is 36.5 Å². The third-order valence-electron chi connectivity index (χ3n) is 2.14. The lowest BCUT2D eigenvalue weighted by Crippen LogP contribution is -1.88. The molecule has 0 radical (unpaired) electrons. The van der Waals surface area contributed by atoms with Gasteiger partial charge < -0.3 is 0 Å². The zero-order chi connectivity index (χ0) is 11.5. The number of aromatic nitrogens is 1. The van der Waals surface area contributed by atoms with E-state index < -0.39 is 0 Å². The Balaban J connectivity index is 2.62. The van der Waals surface area contributed by atoms with Crippen molar-refractivity contribution in [3.63, 3.8) is 0 Å². The lowest BCUT2D eigenvalue weighted by molar-refractivity contribution is 0.112. The standard InChI is InChI=1S/C12H7Cl2NO/c13-9-2-1-3-10(14)12(9)11-6-8(7-16)4-5-15-11/h1-7H. The first kappa shape index (κ1) is 11.1. The molecule has 1 aromatic heterocycles. The zero-order valence-electron chi connectivity index (χ0n) is 8.15. The van der Waals surface area contributed by atoms with Crippen LogP contribution in [0.5, 0.6) is 0 Å². The Bertz CT molecular complexity index is 520. The molecule has 0 amide bonds. The zero-order valence-corrected chi connectivity index (χ0v) is 9.66. The number of hydrogen-bond acceptors (Lipinski definition) is 2. The van der Waals surface area contributed by atoms with Crippen LogP contribution in [-0.4, -0.2) is 11.3 Å². The molecule has 0 saturated heterocycles. The predicted octanol–water partition coefficient (Wildman–Crippen LogP) is 3.87. The molecule has 4 heteroatoms. The largest absolute Gasteiger partial charge is 0.298 e. The van der Waals surface area contributed by atoms with Crippen LogP contribution in [-0.2, 0) is 0 Å². The van der Waals surface area contributed by atoms with Gasteiger partial charge in [0.2, 0.25) is 0 Å². The maximum atomic E-state index is 10.7. The summed E-state index contributed by atoms with van der Waals surface area (Å²) in [5.41, 5.74) is 1.79. The highest BCUT2D eigenvalue weighted by Gasteiger charge is 2.09. The van der Waals surface area contributed by atoms with Gasteiger partial charge in [-0.2, -0.15) is 0 Å². The highest BCUT2D eigenvalue weighted by atomic mass is 35.5. The third-order valence-corrected chi connectivity index (χ3v) is 2.77. The molecule has 0 saturated carbocycles. The van der Waals surface area contributed by atoms with Gasteiger partial charge in [-0.3, -0.25) is 9.78 Å². The van der Waals surface area contributed by atoms with Crippen molar-refractivity contribution in [1.82, 2.24) is 4.98 Å². The molecule has 0 bridgehead atoms. The Morgan fingerprint density at radius 1 is 1.12 bits per heavy atom. The summed E-state index contributed by atoms with van der Waals surface area (Å²) in [5.74, 6) is 0. The average Bonchev–Trinajstić information content (AvgIpc) is 2.29. The van der Waals surface area contributed by atoms with Crippen LogP contribution in [0.3, 0.4) is 0 Å². The molecule has 0 fully saturated rings. The molecule has 0 unspecified atom stereocenters. The van der Waals surface area contributed by atoms with Crippen LogP contribution in [0.25, 0.3) is 11.3 Å². The van der Waals surface area contributed by atoms with Gasteiger partial charge in [0.05, 0.1) is 15.7 Å². The molecule has 80 valence electrons. The topological polar surface area (TPSA) is 30.0 Å². The van der Waals surface area contributed by atoms with Crippen LogP contribution in [0.4, 0.5) is 0 Å². The van der Waals surface area contributed by atoms with Crippen molar-refractivity contribution in [2.45, 2.75) is 0 Å². The van der Waals surface area contributed by atoms with Gasteiger partial charge in [-0.1, -0.05) is 29.3 Å². The minimum absolute atomic E-state index is 0.517. The Morgan fingerprint density at radius 3 is 2.44 bits per heavy atom. The number of nitrogens with zero attached hydrogens (tertiary/aromatic N) is 1. The van der Waals surface area contributed by atoms with E-state index in [1.54, 1.807) is 36.5 Å². The number of halogens is 2. The van der Waals surface area contributed by atoms with Crippen LogP contribution in [0.2, 0.25) is 10.0 Å². The van der Waals surface area contributed by atoms with Crippen LogP contribution in [0.1, 0.15) is 10.4 Å². The van der Waals surface area contributed by atoms with E-state index in [0.717, 1.165) is 6.29 Å². The summed E-state index contributed by atoms with van der Waals surface area (Å²) in [6, 6.07) is 8.51. The Labute approximate surface area is 103 Å². The van der Waals surface area contributed by atoms with Crippen molar-refractivity contribution in [3.05, 3.63) is 52.1 Å². The average molecular weight is 252 g/mol. The fourth-order valence-electron chi connectivity index (χ4n) is 1.40. The van der Waals surface area contributed by atoms with E-state index in [2.05, 4.69) is 4.98 Å². The number of hydrogen-bond donors (Lipinski definition) is 0. The van der Waals surface area contributed by atoms with Gasteiger partial charge in [0.25, 0.3) is 0 Å². The molecule has 0 aliphatic carbocycles. The second-order valence-electron chi connectivity index (χ2n) is 3.19. The number of carbonyl (C=O) groups excluding carboxylic acids is 1. The molecule has 0 N–H and O–H groups in total. The second kappa shape index (κ2) is 4.64. The molecule has 0 spiro atoms. The first-order valence-electron chi connectivity index (χ1n) is 4.58. The summed E-state index contributed by atoms with van der Waals surface area (Å²) in [6.07, 6.45) is 2.31. The molecule has 2 aromatic rings. The molecule has 0 atom stereocenters. The summed E-state index contributed by atoms with van der Waals surface area (Å²) in [4.78, 5) is 14.8. The summed E-state index contributed by atoms with van der Waals surface area (Å²) >= 11 is 12.1. The predicted molar refractivity (Wildman–Crippen MR) is 65.1 cm³/mol. The summed E-state index contributed by atoms with van der Waals surface area (Å²) in [6.45, 7) is 0. The highest BCUT2D eigenvalue weighted by Crippen LogP contribution is 2.33. The highest BCUT2D eigenvalue weighted by molar-refractivity contribution is 6.39. The monoisotopic (exact) mass is 251 g/mol. The van der Waals surface area contributed by atoms with Crippen molar-refractivity contribution in [1.29, 1.82) is 0 Å². The van der Waals surface area contributed by atoms with Crippen molar-refractivity contribution in [2.75, 3.05) is 0 Å². The number of aldehydes is 1. The van der Waals surface area contributed by atoms with Crippen LogP contribution in [0, 0.1) is 0 Å². The fourth-order valence-corrected chi connectivity index (χ4v) is 1.99. The SMILES string of the molecule is O=Cc1ccnc(-c2c(Cl)cccc2Cl)c1. The van der Waals surface area contributed by atoms with Crippen LogP contribution >= 0.6 is 23.2 Å². The van der Waals surface area contributed by atoms with Gasteiger partial charge in [-0.25, -0.2) is 0 Å². The number of rotatable bonds is 2. The van der Waals surface area contributed by atoms with E-state index in [1.807, 2.05) is 0 Å². The van der Waals surface area contributed by atoms with Crippen molar-refractivity contribution in [2.24, 2.45) is 0 Å². The maximum Gasteiger partial charge on any atom is 0.150 e. The number of pyridine rings is 1. The van der Waals surface area contributed by atoms with E-state index in [0.29, 0.717) is 26.9 Å². The summed E-state index contributed by atoms with van der Waals surface area (Å²) in [7, 11) is 0. The van der Waals surface area contributed by atoms with Gasteiger partial charge in [-0.05, 0) is 24.3 Å². The quantitative estimate of drug-likeness (QED) is 0.759. The van der Waals surface area contributed by atoms with Gasteiger partial charge in [0.1, 0.15) is 6.29 Å². The first-order chi connectivity index (χ1) is 7.72. The minimum atomic E-state index is 0.517. The van der Waals surface area contributed by atoms with Gasteiger partial charge >= 0.3 is 0 Å². The Morgan fingerprint density at radius 2 is 1.81 bits per heavy atom. The number of benzene rings is 1. The number of carbonyl (C=O) groups is 1. The van der Waals surface area contributed by atoms with Crippen LogP contribution < -0.4 is 0 Å². The van der Waals surface area contributed by atoms with Gasteiger partial charge in [0, 0.05) is 17.3 Å². The first-order valence-corrected chi connectivity index (χ1v) is 5.33. The molecule has 1 heterocycles. The third kappa shape index (κ3) is 2.08. The van der Waals surface area contributed by atoms with Crippen molar-refractivity contribution >= 4 is 29.5 Å². The molecule has 0 aliphatic rings. The Hall–Kier alpha value is -1.38. The molecule has 2 rings (SSSR count). The lowest BCUT2D eigenvalue weighted by atomic mass is 10.1. The van der Waals surface area contributed by atoms with E-state index in [4.69, 9.17) is 23.2 Å². The molecule has 2 nitrogen and oxygen atoms in total. The summed E-state index contributed by atoms with van der Waals surface area (Å²) < 4.78 is 0. The molecular weight excluding hydrogens is 245 g/mol. The normalized spacial score (nSPS) is 10.1. The summed E-state index contributed by atoms with van der Waals surface area (Å²) in [5, 5.41) is 1.03. The van der Waals surface area contributed by atoms with E-state index in [-0.39, 0.29) is 0 Å². The Kier molecular flexibility index (Phi) is 3.22. The lowest BCUT2D eigenvalue weighted by Gasteiger charge is -2.06. The van der Waals surface area contributed by atoms with E-state index in [1.165, 1.54) is 0 Å². The molecule has 1 aromatic carbocycles. The molecular formula is C12H7Cl2NO. The maximum absolute atomic E-state index is 10.7. The van der Waals surface area contributed by atoms with E-state index >= 15 is 0 Å². The minimum Gasteiger partial charge on any atom is -0.298 e. The smallest absolute Gasteiger partial charge is 0.150 e.